The summed E-state index contributed by atoms with van der Waals surface area (Å²) in [6.07, 6.45) is 2.22. The number of pyridine rings is 1. The molecule has 0 saturated heterocycles. The highest BCUT2D eigenvalue weighted by molar-refractivity contribution is 7.99. The molecule has 36 heavy (non-hydrogen) atoms. The third-order valence-corrected chi connectivity index (χ3v) is 6.95. The van der Waals surface area contributed by atoms with Gasteiger partial charge in [0.2, 0.25) is 11.7 Å². The van der Waals surface area contributed by atoms with Gasteiger partial charge in [-0.2, -0.15) is 0 Å². The third kappa shape index (κ3) is 5.38. The van der Waals surface area contributed by atoms with Crippen LogP contribution in [0.2, 0.25) is 0 Å². The molecule has 1 aliphatic rings. The first-order valence-electron chi connectivity index (χ1n) is 11.5. The Balaban J connectivity index is 1.23. The number of hydrogen-bond acceptors (Lipinski definition) is 7. The van der Waals surface area contributed by atoms with Crippen LogP contribution in [0.15, 0.2) is 77.8 Å². The lowest BCUT2D eigenvalue weighted by atomic mass is 10.1. The molecule has 9 nitrogen and oxygen atoms in total. The number of aromatic nitrogens is 4. The Kier molecular flexibility index (Phi) is 6.94. The van der Waals surface area contributed by atoms with Crippen molar-refractivity contribution in [2.45, 2.75) is 23.9 Å². The Morgan fingerprint density at radius 2 is 1.83 bits per heavy atom. The van der Waals surface area contributed by atoms with Crippen molar-refractivity contribution in [2.24, 2.45) is 0 Å². The van der Waals surface area contributed by atoms with E-state index in [4.69, 9.17) is 0 Å². The van der Waals surface area contributed by atoms with E-state index in [-0.39, 0.29) is 11.7 Å². The molecule has 2 aromatic carbocycles. The fraction of sp³-hybridized carbons (Fsp3) is 0.192. The molecule has 0 aliphatic carbocycles. The lowest BCUT2D eigenvalue weighted by Crippen LogP contribution is -2.48. The average molecular weight is 500 g/mol. The van der Waals surface area contributed by atoms with Crippen molar-refractivity contribution in [1.29, 1.82) is 0 Å². The molecule has 0 spiro atoms. The van der Waals surface area contributed by atoms with Crippen molar-refractivity contribution >= 4 is 35.1 Å². The van der Waals surface area contributed by atoms with Gasteiger partial charge in [0.25, 0.3) is 5.91 Å². The van der Waals surface area contributed by atoms with Gasteiger partial charge in [0.1, 0.15) is 17.7 Å². The average Bonchev–Trinajstić information content (AvgIpc) is 3.34. The molecular weight excluding hydrogens is 474 g/mol. The van der Waals surface area contributed by atoms with E-state index in [0.717, 1.165) is 21.8 Å². The van der Waals surface area contributed by atoms with Gasteiger partial charge in [-0.25, -0.2) is 9.97 Å². The molecule has 1 aliphatic heterocycles. The molecule has 1 atom stereocenters. The van der Waals surface area contributed by atoms with E-state index in [2.05, 4.69) is 30.8 Å². The van der Waals surface area contributed by atoms with Gasteiger partial charge >= 0.3 is 0 Å². The maximum absolute atomic E-state index is 13.1. The summed E-state index contributed by atoms with van der Waals surface area (Å²) >= 11 is 1.50. The number of thioether (sulfide) groups is 1. The Bertz CT molecular complexity index is 1360. The number of aromatic amines is 1. The number of anilines is 2. The summed E-state index contributed by atoms with van der Waals surface area (Å²) in [4.78, 5) is 37.2. The predicted octanol–water partition coefficient (Wildman–Crippen LogP) is 3.27. The number of hydrogen-bond donors (Lipinski definition) is 3. The highest BCUT2D eigenvalue weighted by Gasteiger charge is 2.31. The molecule has 182 valence electrons. The summed E-state index contributed by atoms with van der Waals surface area (Å²) in [5.41, 5.74) is 2.91. The molecule has 2 aromatic heterocycles. The first kappa shape index (κ1) is 23.6. The van der Waals surface area contributed by atoms with Gasteiger partial charge in [-0.05, 0) is 17.2 Å². The second-order valence-electron chi connectivity index (χ2n) is 8.38. The molecule has 10 heteroatoms. The first-order chi connectivity index (χ1) is 17.6. The van der Waals surface area contributed by atoms with Crippen molar-refractivity contribution in [3.63, 3.8) is 0 Å². The van der Waals surface area contributed by atoms with E-state index in [1.807, 2.05) is 66.7 Å². The van der Waals surface area contributed by atoms with Crippen molar-refractivity contribution < 1.29 is 9.59 Å². The number of benzene rings is 2. The Morgan fingerprint density at radius 1 is 1.11 bits per heavy atom. The van der Waals surface area contributed by atoms with Gasteiger partial charge in [0, 0.05) is 30.7 Å². The normalized spacial score (nSPS) is 15.2. The maximum atomic E-state index is 13.1. The summed E-state index contributed by atoms with van der Waals surface area (Å²) in [5.74, 6) is 0.982. The summed E-state index contributed by atoms with van der Waals surface area (Å²) in [7, 11) is 1.69. The van der Waals surface area contributed by atoms with Crippen molar-refractivity contribution in [3.05, 3.63) is 95.7 Å². The summed E-state index contributed by atoms with van der Waals surface area (Å²) in [6, 6.07) is 21.1. The zero-order valence-corrected chi connectivity index (χ0v) is 20.5. The van der Waals surface area contributed by atoms with Crippen LogP contribution in [0.3, 0.4) is 0 Å². The quantitative estimate of drug-likeness (QED) is 0.357. The fourth-order valence-corrected chi connectivity index (χ4v) is 4.98. The topological polar surface area (TPSA) is 116 Å². The van der Waals surface area contributed by atoms with E-state index < -0.39 is 11.9 Å². The van der Waals surface area contributed by atoms with E-state index in [9.17, 15) is 9.59 Å². The number of fused-ring (bicyclic) bond motifs is 1. The highest BCUT2D eigenvalue weighted by Crippen LogP contribution is 2.34. The lowest BCUT2D eigenvalue weighted by molar-refractivity contribution is -0.119. The number of H-pyrrole nitrogens is 1. The van der Waals surface area contributed by atoms with Crippen LogP contribution in [0.5, 0.6) is 0 Å². The maximum Gasteiger partial charge on any atom is 0.291 e. The molecule has 2 amide bonds. The molecule has 0 bridgehead atoms. The molecule has 0 fully saturated rings. The van der Waals surface area contributed by atoms with Crippen LogP contribution < -0.4 is 15.5 Å². The van der Waals surface area contributed by atoms with Crippen LogP contribution >= 0.6 is 11.8 Å². The number of amides is 2. The molecule has 0 radical (unpaired) electrons. The molecular formula is C26H25N7O2S. The van der Waals surface area contributed by atoms with Gasteiger partial charge in [-0.15, -0.1) is 16.9 Å². The van der Waals surface area contributed by atoms with Gasteiger partial charge in [0.05, 0.1) is 11.9 Å². The molecule has 5 rings (SSSR count). The minimum absolute atomic E-state index is 0.0113. The Hall–Kier alpha value is -4.18. The van der Waals surface area contributed by atoms with Crippen molar-refractivity contribution in [1.82, 2.24) is 25.5 Å². The number of carbonyl (C=O) groups excluding carboxylic acids is 2. The summed E-state index contributed by atoms with van der Waals surface area (Å²) < 4.78 is 0. The van der Waals surface area contributed by atoms with E-state index in [1.54, 1.807) is 13.2 Å². The molecule has 0 saturated carbocycles. The molecule has 3 heterocycles. The highest BCUT2D eigenvalue weighted by atomic mass is 32.2. The third-order valence-electron chi connectivity index (χ3n) is 5.81. The predicted molar refractivity (Wildman–Crippen MR) is 139 cm³/mol. The van der Waals surface area contributed by atoms with Crippen LogP contribution in [0.4, 0.5) is 11.5 Å². The van der Waals surface area contributed by atoms with Crippen LogP contribution in [0.1, 0.15) is 27.6 Å². The van der Waals surface area contributed by atoms with Crippen molar-refractivity contribution in [2.75, 3.05) is 23.0 Å². The summed E-state index contributed by atoms with van der Waals surface area (Å²) in [6.45, 7) is 0.646. The zero-order chi connectivity index (χ0) is 24.9. The molecule has 4 aromatic rings. The minimum Gasteiger partial charge on any atom is -0.366 e. The van der Waals surface area contributed by atoms with E-state index in [0.29, 0.717) is 30.2 Å². The zero-order valence-electron chi connectivity index (χ0n) is 19.6. The van der Waals surface area contributed by atoms with Gasteiger partial charge in [-0.1, -0.05) is 60.7 Å². The van der Waals surface area contributed by atoms with Gasteiger partial charge in [-0.3, -0.25) is 14.7 Å². The van der Waals surface area contributed by atoms with Crippen LogP contribution in [-0.4, -0.2) is 50.8 Å². The second-order valence-corrected chi connectivity index (χ2v) is 9.44. The Labute approximate surface area is 212 Å². The standard InChI is InChI=1S/C26H25N7O2S/c1-33-20-15-28-22(27-14-18-10-6-3-7-11-18)13-21(20)36-16-19(26(33)35)29-25(34)24-30-23(31-32-24)12-17-8-4-2-5-9-17/h2-11,13,15,19H,12,14,16H2,1H3,(H,27,28)(H,29,34)(H,30,31,32)/t19-/m0/s1. The number of nitrogens with zero attached hydrogens (tertiary/aromatic N) is 4. The minimum atomic E-state index is -0.725. The summed E-state index contributed by atoms with van der Waals surface area (Å²) in [5, 5.41) is 13.0. The van der Waals surface area contributed by atoms with Gasteiger partial charge < -0.3 is 15.5 Å². The number of likely N-dealkylation sites (N-methyl/N-ethyl adjacent to an activating group) is 1. The fourth-order valence-electron chi connectivity index (χ4n) is 3.87. The lowest BCUT2D eigenvalue weighted by Gasteiger charge is -2.21. The van der Waals surface area contributed by atoms with Crippen LogP contribution in [0.25, 0.3) is 0 Å². The SMILES string of the molecule is CN1C(=O)[C@@H](NC(=O)c2n[nH]c(Cc3ccccc3)n2)CSc2cc(NCc3ccccc3)ncc21. The number of nitrogens with one attached hydrogen (secondary N) is 3. The Morgan fingerprint density at radius 3 is 2.58 bits per heavy atom. The van der Waals surface area contributed by atoms with Crippen LogP contribution in [0, 0.1) is 0 Å². The van der Waals surface area contributed by atoms with Crippen molar-refractivity contribution in [3.8, 4) is 0 Å². The first-order valence-corrected chi connectivity index (χ1v) is 12.5. The monoisotopic (exact) mass is 499 g/mol. The van der Waals surface area contributed by atoms with Gasteiger partial charge in [0.15, 0.2) is 0 Å². The second kappa shape index (κ2) is 10.6. The largest absolute Gasteiger partial charge is 0.366 e. The smallest absolute Gasteiger partial charge is 0.291 e. The molecule has 3 N–H and O–H groups in total. The molecule has 0 unspecified atom stereocenters. The number of rotatable bonds is 7. The van der Waals surface area contributed by atoms with E-state index in [1.165, 1.54) is 16.7 Å². The van der Waals surface area contributed by atoms with E-state index >= 15 is 0 Å². The number of carbonyl (C=O) groups is 2. The van der Waals surface area contributed by atoms with Crippen LogP contribution in [-0.2, 0) is 17.8 Å².